The van der Waals surface area contributed by atoms with Crippen LogP contribution in [0.25, 0.3) is 0 Å². The molecule has 1 aromatic heterocycles. The Balaban J connectivity index is 1.34. The molecule has 32 heavy (non-hydrogen) atoms. The maximum atomic E-state index is 12.6. The van der Waals surface area contributed by atoms with E-state index in [1.54, 1.807) is 0 Å². The van der Waals surface area contributed by atoms with Crippen molar-refractivity contribution in [1.29, 1.82) is 0 Å². The average Bonchev–Trinajstić information content (AvgIpc) is 3.26. The molecule has 1 N–H and O–H groups in total. The highest BCUT2D eigenvalue weighted by molar-refractivity contribution is 7.99. The van der Waals surface area contributed by atoms with Gasteiger partial charge in [0.05, 0.1) is 28.6 Å². The van der Waals surface area contributed by atoms with Gasteiger partial charge in [-0.2, -0.15) is 0 Å². The molecule has 1 saturated heterocycles. The van der Waals surface area contributed by atoms with Crippen LogP contribution in [-0.4, -0.2) is 59.5 Å². The molecule has 168 valence electrons. The Morgan fingerprint density at radius 2 is 1.88 bits per heavy atom. The van der Waals surface area contributed by atoms with Crippen LogP contribution in [0.1, 0.15) is 18.4 Å². The number of hydrogen-bond acceptors (Lipinski definition) is 7. The first-order valence-corrected chi connectivity index (χ1v) is 12.0. The third-order valence-electron chi connectivity index (χ3n) is 5.37. The molecule has 1 amide bonds. The zero-order chi connectivity index (χ0) is 22.3. The number of para-hydroxylation sites is 1. The van der Waals surface area contributed by atoms with Gasteiger partial charge < -0.3 is 19.5 Å². The van der Waals surface area contributed by atoms with Gasteiger partial charge in [0, 0.05) is 26.2 Å². The van der Waals surface area contributed by atoms with Crippen molar-refractivity contribution in [2.75, 3.05) is 48.7 Å². The summed E-state index contributed by atoms with van der Waals surface area (Å²) in [5.74, 6) is 0.554. The van der Waals surface area contributed by atoms with E-state index in [0.29, 0.717) is 22.6 Å². The van der Waals surface area contributed by atoms with Gasteiger partial charge in [0.15, 0.2) is 0 Å². The van der Waals surface area contributed by atoms with Crippen LogP contribution in [0.5, 0.6) is 0 Å². The lowest BCUT2D eigenvalue weighted by Crippen LogP contribution is -2.46. The van der Waals surface area contributed by atoms with Crippen LogP contribution in [0.3, 0.4) is 0 Å². The molecule has 9 heteroatoms. The second kappa shape index (κ2) is 10.8. The van der Waals surface area contributed by atoms with Gasteiger partial charge in [0.1, 0.15) is 0 Å². The van der Waals surface area contributed by atoms with Gasteiger partial charge in [-0.1, -0.05) is 66.7 Å². The second-order valence-corrected chi connectivity index (χ2v) is 8.85. The van der Waals surface area contributed by atoms with E-state index in [2.05, 4.69) is 32.2 Å². The summed E-state index contributed by atoms with van der Waals surface area (Å²) in [6, 6.07) is 15.5. The predicted molar refractivity (Wildman–Crippen MR) is 129 cm³/mol. The number of halogens is 1. The number of carbonyl (C=O) groups is 1. The summed E-state index contributed by atoms with van der Waals surface area (Å²) >= 11 is 7.74. The Morgan fingerprint density at radius 1 is 1.09 bits per heavy atom. The van der Waals surface area contributed by atoms with Gasteiger partial charge in [-0.3, -0.25) is 4.79 Å². The maximum absolute atomic E-state index is 12.6. The van der Waals surface area contributed by atoms with Crippen molar-refractivity contribution in [2.24, 2.45) is 0 Å². The zero-order valence-electron chi connectivity index (χ0n) is 18.0. The smallest absolute Gasteiger partial charge is 0.277 e. The summed E-state index contributed by atoms with van der Waals surface area (Å²) in [7, 11) is 0. The van der Waals surface area contributed by atoms with E-state index < -0.39 is 0 Å². The molecule has 0 saturated carbocycles. The van der Waals surface area contributed by atoms with Crippen molar-refractivity contribution in [1.82, 2.24) is 15.1 Å². The fourth-order valence-electron chi connectivity index (χ4n) is 3.68. The third kappa shape index (κ3) is 5.82. The van der Waals surface area contributed by atoms with E-state index in [1.165, 1.54) is 11.8 Å². The number of piperazine rings is 1. The average molecular weight is 472 g/mol. The predicted octanol–water partition coefficient (Wildman–Crippen LogP) is 4.19. The molecule has 1 fully saturated rings. The first-order valence-electron chi connectivity index (χ1n) is 10.7. The molecule has 7 nitrogen and oxygen atoms in total. The summed E-state index contributed by atoms with van der Waals surface area (Å²) in [5, 5.41) is 12.1. The molecule has 0 unspecified atom stereocenters. The van der Waals surface area contributed by atoms with Gasteiger partial charge in [-0.05, 0) is 24.2 Å². The number of aromatic nitrogens is 2. The molecular weight excluding hydrogens is 446 g/mol. The van der Waals surface area contributed by atoms with Crippen LogP contribution >= 0.6 is 23.4 Å². The fourth-order valence-corrected chi connectivity index (χ4v) is 4.55. The number of nitrogens with one attached hydrogen (secondary N) is 1. The molecule has 0 radical (unpaired) electrons. The van der Waals surface area contributed by atoms with E-state index in [-0.39, 0.29) is 11.7 Å². The van der Waals surface area contributed by atoms with E-state index in [1.807, 2.05) is 48.5 Å². The number of nitrogens with zero attached hydrogens (tertiary/aromatic N) is 4. The van der Waals surface area contributed by atoms with E-state index in [9.17, 15) is 4.79 Å². The van der Waals surface area contributed by atoms with Crippen molar-refractivity contribution in [3.63, 3.8) is 0 Å². The standard InChI is InChI=1S/C23H26ClN5O2S/c1-2-28-11-13-29(14-12-28)22-18(24)9-6-10-19(22)25-20(30)16-32-23-27-26-21(31-23)15-17-7-4-3-5-8-17/h3-10H,2,11-16H2,1H3,(H,25,30). The Bertz CT molecular complexity index is 1040. The molecular formula is C23H26ClN5O2S. The first kappa shape index (κ1) is 22.6. The second-order valence-electron chi connectivity index (χ2n) is 7.52. The summed E-state index contributed by atoms with van der Waals surface area (Å²) in [6.45, 7) is 6.92. The number of likely N-dealkylation sites (N-methyl/N-ethyl adjacent to an activating group) is 1. The monoisotopic (exact) mass is 471 g/mol. The lowest BCUT2D eigenvalue weighted by atomic mass is 10.2. The molecule has 0 aliphatic carbocycles. The molecule has 3 aromatic rings. The van der Waals surface area contributed by atoms with Gasteiger partial charge >= 0.3 is 0 Å². The Kier molecular flexibility index (Phi) is 7.68. The highest BCUT2D eigenvalue weighted by atomic mass is 35.5. The van der Waals surface area contributed by atoms with Crippen LogP contribution in [-0.2, 0) is 11.2 Å². The number of thioether (sulfide) groups is 1. The number of hydrogen-bond donors (Lipinski definition) is 1. The van der Waals surface area contributed by atoms with Crippen LogP contribution in [0.4, 0.5) is 11.4 Å². The molecule has 1 aliphatic rings. The quantitative estimate of drug-likeness (QED) is 0.494. The van der Waals surface area contributed by atoms with Crippen molar-refractivity contribution in [3.8, 4) is 0 Å². The minimum Gasteiger partial charge on any atom is -0.416 e. The molecule has 4 rings (SSSR count). The molecule has 0 bridgehead atoms. The third-order valence-corrected chi connectivity index (χ3v) is 6.49. The Morgan fingerprint density at radius 3 is 2.62 bits per heavy atom. The first-order chi connectivity index (χ1) is 15.6. The zero-order valence-corrected chi connectivity index (χ0v) is 19.5. The van der Waals surface area contributed by atoms with Crippen LogP contribution in [0.2, 0.25) is 5.02 Å². The van der Waals surface area contributed by atoms with Gasteiger partial charge in [0.25, 0.3) is 5.22 Å². The number of carbonyl (C=O) groups excluding carboxylic acids is 1. The van der Waals surface area contributed by atoms with Crippen LogP contribution < -0.4 is 10.2 Å². The highest BCUT2D eigenvalue weighted by Crippen LogP contribution is 2.34. The summed E-state index contributed by atoms with van der Waals surface area (Å²) in [4.78, 5) is 17.3. The van der Waals surface area contributed by atoms with Gasteiger partial charge in [-0.15, -0.1) is 10.2 Å². The molecule has 0 atom stereocenters. The number of rotatable bonds is 8. The topological polar surface area (TPSA) is 74.5 Å². The minimum atomic E-state index is -0.145. The van der Waals surface area contributed by atoms with E-state index in [0.717, 1.165) is 49.7 Å². The van der Waals surface area contributed by atoms with Gasteiger partial charge in [0.2, 0.25) is 11.8 Å². The Labute approximate surface area is 197 Å². The highest BCUT2D eigenvalue weighted by Gasteiger charge is 2.21. The number of benzene rings is 2. The van der Waals surface area contributed by atoms with Crippen LogP contribution in [0.15, 0.2) is 58.2 Å². The molecule has 2 heterocycles. The molecule has 1 aliphatic heterocycles. The largest absolute Gasteiger partial charge is 0.416 e. The summed E-state index contributed by atoms with van der Waals surface area (Å²) in [6.07, 6.45) is 0.567. The lowest BCUT2D eigenvalue weighted by molar-refractivity contribution is -0.113. The summed E-state index contributed by atoms with van der Waals surface area (Å²) < 4.78 is 5.67. The number of amides is 1. The SMILES string of the molecule is CCN1CCN(c2c(Cl)cccc2NC(=O)CSc2nnc(Cc3ccccc3)o2)CC1. The number of anilines is 2. The summed E-state index contributed by atoms with van der Waals surface area (Å²) in [5.41, 5.74) is 2.70. The maximum Gasteiger partial charge on any atom is 0.277 e. The van der Waals surface area contributed by atoms with Crippen molar-refractivity contribution in [3.05, 3.63) is 65.0 Å². The van der Waals surface area contributed by atoms with Crippen LogP contribution in [0, 0.1) is 0 Å². The van der Waals surface area contributed by atoms with Crippen molar-refractivity contribution in [2.45, 2.75) is 18.6 Å². The fraction of sp³-hybridized carbons (Fsp3) is 0.348. The van der Waals surface area contributed by atoms with Gasteiger partial charge in [-0.25, -0.2) is 0 Å². The molecule has 2 aromatic carbocycles. The normalized spacial score (nSPS) is 14.5. The van der Waals surface area contributed by atoms with Crippen molar-refractivity contribution >= 4 is 40.6 Å². The van der Waals surface area contributed by atoms with E-state index in [4.69, 9.17) is 16.0 Å². The molecule has 0 spiro atoms. The van der Waals surface area contributed by atoms with E-state index >= 15 is 0 Å². The van der Waals surface area contributed by atoms with Crippen molar-refractivity contribution < 1.29 is 9.21 Å². The minimum absolute atomic E-state index is 0.145. The lowest BCUT2D eigenvalue weighted by Gasteiger charge is -2.36. The Hall–Kier alpha value is -2.55.